The molecule has 0 bridgehead atoms. The summed E-state index contributed by atoms with van der Waals surface area (Å²) in [4.78, 5) is 16.9. The third-order valence-electron chi connectivity index (χ3n) is 4.82. The number of thiazole rings is 1. The summed E-state index contributed by atoms with van der Waals surface area (Å²) in [6, 6.07) is 14.9. The molecule has 158 valence electrons. The second-order valence-corrected chi connectivity index (χ2v) is 9.04. The van der Waals surface area contributed by atoms with E-state index < -0.39 is 0 Å². The molecule has 0 unspecified atom stereocenters. The molecule has 9 heteroatoms. The van der Waals surface area contributed by atoms with Gasteiger partial charge in [0, 0.05) is 11.8 Å². The second kappa shape index (κ2) is 8.22. The Morgan fingerprint density at radius 1 is 1.09 bits per heavy atom. The zero-order valence-corrected chi connectivity index (χ0v) is 19.5. The molecule has 0 fully saturated rings. The van der Waals surface area contributed by atoms with Gasteiger partial charge in [0.15, 0.2) is 0 Å². The van der Waals surface area contributed by atoms with Crippen LogP contribution in [0, 0.1) is 18.3 Å². The lowest BCUT2D eigenvalue weighted by Gasteiger charge is -2.09. The molecular weight excluding hydrogens is 490 g/mol. The lowest BCUT2D eigenvalue weighted by atomic mass is 10.2. The summed E-state index contributed by atoms with van der Waals surface area (Å²) >= 11 is 5.27. The van der Waals surface area contributed by atoms with E-state index >= 15 is 0 Å². The van der Waals surface area contributed by atoms with Gasteiger partial charge in [0.2, 0.25) is 5.88 Å². The monoisotopic (exact) mass is 505 g/mol. The highest BCUT2D eigenvalue weighted by molar-refractivity contribution is 9.10. The highest BCUT2D eigenvalue weighted by Gasteiger charge is 2.19. The van der Waals surface area contributed by atoms with Gasteiger partial charge in [-0.05, 0) is 59.6 Å². The Morgan fingerprint density at radius 3 is 2.75 bits per heavy atom. The van der Waals surface area contributed by atoms with E-state index in [2.05, 4.69) is 41.9 Å². The van der Waals surface area contributed by atoms with Crippen LogP contribution in [0.4, 0.5) is 0 Å². The molecule has 7 nitrogen and oxygen atoms in total. The summed E-state index contributed by atoms with van der Waals surface area (Å²) in [6.45, 7) is 4.02. The Hall–Kier alpha value is -3.48. The van der Waals surface area contributed by atoms with Crippen LogP contribution in [-0.4, -0.2) is 19.9 Å². The van der Waals surface area contributed by atoms with Crippen molar-refractivity contribution in [2.75, 3.05) is 0 Å². The summed E-state index contributed by atoms with van der Waals surface area (Å²) < 4.78 is 14.0. The smallest absolute Gasteiger partial charge is 0.327 e. The topological polar surface area (TPSA) is 96.7 Å². The van der Waals surface area contributed by atoms with Gasteiger partial charge in [0.25, 0.3) is 0 Å². The molecule has 32 heavy (non-hydrogen) atoms. The van der Waals surface area contributed by atoms with Crippen molar-refractivity contribution in [1.29, 1.82) is 5.26 Å². The van der Waals surface area contributed by atoms with Gasteiger partial charge in [-0.25, -0.2) is 4.98 Å². The lowest BCUT2D eigenvalue weighted by molar-refractivity contribution is 0.417. The predicted molar refractivity (Wildman–Crippen MR) is 127 cm³/mol. The summed E-state index contributed by atoms with van der Waals surface area (Å²) in [5.74, 6) is 1.41. The Morgan fingerprint density at radius 2 is 1.94 bits per heavy atom. The van der Waals surface area contributed by atoms with E-state index in [4.69, 9.17) is 9.47 Å². The van der Waals surface area contributed by atoms with Crippen LogP contribution in [0.5, 0.6) is 23.4 Å². The SMILES string of the molecule is CCc1[nH]c2nc(Oc3ccc4sc(C)nc4c3)nc(Oc3cccc(C#N)c3)c2c1Br. The van der Waals surface area contributed by atoms with E-state index in [0.29, 0.717) is 34.0 Å². The van der Waals surface area contributed by atoms with Crippen LogP contribution in [0.3, 0.4) is 0 Å². The van der Waals surface area contributed by atoms with E-state index in [9.17, 15) is 5.26 Å². The maximum absolute atomic E-state index is 9.20. The van der Waals surface area contributed by atoms with Crippen molar-refractivity contribution in [2.24, 2.45) is 0 Å². The van der Waals surface area contributed by atoms with Gasteiger partial charge in [0.1, 0.15) is 17.1 Å². The molecule has 3 heterocycles. The first-order valence-electron chi connectivity index (χ1n) is 9.85. The summed E-state index contributed by atoms with van der Waals surface area (Å²) in [5.41, 5.74) is 2.93. The van der Waals surface area contributed by atoms with Gasteiger partial charge in [0.05, 0.1) is 36.7 Å². The number of nitrogens with one attached hydrogen (secondary N) is 1. The molecule has 0 amide bonds. The van der Waals surface area contributed by atoms with E-state index in [1.54, 1.807) is 35.6 Å². The minimum atomic E-state index is 0.145. The first-order valence-corrected chi connectivity index (χ1v) is 11.5. The van der Waals surface area contributed by atoms with Crippen molar-refractivity contribution in [3.63, 3.8) is 0 Å². The van der Waals surface area contributed by atoms with E-state index in [1.807, 2.05) is 32.0 Å². The van der Waals surface area contributed by atoms with Gasteiger partial charge in [-0.2, -0.15) is 15.2 Å². The summed E-state index contributed by atoms with van der Waals surface area (Å²) in [5, 5.41) is 10.9. The average Bonchev–Trinajstić information content (AvgIpc) is 3.32. The zero-order chi connectivity index (χ0) is 22.2. The maximum Gasteiger partial charge on any atom is 0.327 e. The van der Waals surface area contributed by atoms with Gasteiger partial charge in [-0.1, -0.05) is 13.0 Å². The number of aromatic amines is 1. The highest BCUT2D eigenvalue weighted by atomic mass is 79.9. The summed E-state index contributed by atoms with van der Waals surface area (Å²) in [6.07, 6.45) is 0.774. The van der Waals surface area contributed by atoms with E-state index in [1.165, 1.54) is 0 Å². The van der Waals surface area contributed by atoms with E-state index in [0.717, 1.165) is 31.8 Å². The minimum Gasteiger partial charge on any atom is -0.438 e. The molecular formula is C23H16BrN5O2S. The van der Waals surface area contributed by atoms with Crippen molar-refractivity contribution < 1.29 is 9.47 Å². The Labute approximate surface area is 195 Å². The van der Waals surface area contributed by atoms with Crippen LogP contribution in [-0.2, 0) is 6.42 Å². The summed E-state index contributed by atoms with van der Waals surface area (Å²) in [7, 11) is 0. The first-order chi connectivity index (χ1) is 15.5. The molecule has 0 saturated heterocycles. The number of aryl methyl sites for hydroxylation is 2. The van der Waals surface area contributed by atoms with Crippen LogP contribution in [0.2, 0.25) is 0 Å². The predicted octanol–water partition coefficient (Wildman–Crippen LogP) is 6.66. The molecule has 1 N–H and O–H groups in total. The maximum atomic E-state index is 9.20. The number of halogens is 1. The van der Waals surface area contributed by atoms with Crippen molar-refractivity contribution in [3.05, 3.63) is 63.2 Å². The van der Waals surface area contributed by atoms with Crippen LogP contribution in [0.25, 0.3) is 21.3 Å². The van der Waals surface area contributed by atoms with Crippen molar-refractivity contribution >= 4 is 48.5 Å². The molecule has 0 saturated carbocycles. The molecule has 5 aromatic rings. The van der Waals surface area contributed by atoms with Crippen molar-refractivity contribution in [1.82, 2.24) is 19.9 Å². The zero-order valence-electron chi connectivity index (χ0n) is 17.1. The number of nitriles is 1. The standard InChI is InChI=1S/C23H16BrN5O2S/c1-3-16-20(24)19-21(27-16)28-23(29-22(19)30-14-6-4-5-13(9-14)11-25)31-15-7-8-18-17(10-15)26-12(2)32-18/h4-10H,3H2,1-2H3,(H,27,28,29). The number of hydrogen-bond acceptors (Lipinski definition) is 7. The Kier molecular flexibility index (Phi) is 5.25. The normalized spacial score (nSPS) is 11.1. The first kappa shape index (κ1) is 20.4. The van der Waals surface area contributed by atoms with E-state index in [-0.39, 0.29) is 6.01 Å². The molecule has 0 aliphatic rings. The van der Waals surface area contributed by atoms with Gasteiger partial charge in [-0.3, -0.25) is 0 Å². The molecule has 3 aromatic heterocycles. The molecule has 0 atom stereocenters. The van der Waals surface area contributed by atoms with Crippen LogP contribution in [0.15, 0.2) is 46.9 Å². The minimum absolute atomic E-state index is 0.145. The molecule has 0 radical (unpaired) electrons. The fraction of sp³-hybridized carbons (Fsp3) is 0.130. The number of aromatic nitrogens is 4. The Balaban J connectivity index is 1.58. The number of fused-ring (bicyclic) bond motifs is 2. The highest BCUT2D eigenvalue weighted by Crippen LogP contribution is 2.38. The third-order valence-corrected chi connectivity index (χ3v) is 6.64. The number of nitrogens with zero attached hydrogens (tertiary/aromatic N) is 4. The Bertz CT molecular complexity index is 1520. The fourth-order valence-corrected chi connectivity index (χ4v) is 4.90. The van der Waals surface area contributed by atoms with Gasteiger partial charge < -0.3 is 14.5 Å². The molecule has 0 aliphatic carbocycles. The largest absolute Gasteiger partial charge is 0.438 e. The quantitative estimate of drug-likeness (QED) is 0.287. The number of benzene rings is 2. The van der Waals surface area contributed by atoms with Crippen LogP contribution >= 0.6 is 27.3 Å². The molecule has 5 rings (SSSR count). The lowest BCUT2D eigenvalue weighted by Crippen LogP contribution is -1.97. The van der Waals surface area contributed by atoms with Gasteiger partial charge in [-0.15, -0.1) is 11.3 Å². The second-order valence-electron chi connectivity index (χ2n) is 7.01. The van der Waals surface area contributed by atoms with Crippen molar-refractivity contribution in [3.8, 4) is 29.5 Å². The van der Waals surface area contributed by atoms with Crippen LogP contribution < -0.4 is 9.47 Å². The number of H-pyrrole nitrogens is 1. The molecule has 0 aliphatic heterocycles. The number of rotatable bonds is 5. The number of ether oxygens (including phenoxy) is 2. The van der Waals surface area contributed by atoms with Gasteiger partial charge >= 0.3 is 6.01 Å². The third kappa shape index (κ3) is 3.79. The van der Waals surface area contributed by atoms with Crippen LogP contribution in [0.1, 0.15) is 23.2 Å². The molecule has 2 aromatic carbocycles. The average molecular weight is 506 g/mol. The van der Waals surface area contributed by atoms with Crippen molar-refractivity contribution in [2.45, 2.75) is 20.3 Å². The number of hydrogen-bond donors (Lipinski definition) is 1. The molecule has 0 spiro atoms. The fourth-order valence-electron chi connectivity index (χ4n) is 3.35.